The fourth-order valence-electron chi connectivity index (χ4n) is 2.79. The van der Waals surface area contributed by atoms with E-state index in [1.165, 1.54) is 50.7 Å². The van der Waals surface area contributed by atoms with Crippen LogP contribution >= 0.6 is 11.6 Å². The molecule has 0 radical (unpaired) electrons. The number of nitrogens with one attached hydrogen (secondary N) is 1. The van der Waals surface area contributed by atoms with E-state index in [1.54, 1.807) is 24.4 Å². The number of halogens is 1. The number of benzene rings is 2. The molecule has 0 aliphatic rings. The Morgan fingerprint density at radius 1 is 1.07 bits per heavy atom. The van der Waals surface area contributed by atoms with Gasteiger partial charge >= 0.3 is 0 Å². The van der Waals surface area contributed by atoms with Crippen LogP contribution in [-0.4, -0.2) is 17.7 Å². The molecule has 2 rings (SSSR count). The Labute approximate surface area is 177 Å². The van der Waals surface area contributed by atoms with E-state index in [9.17, 15) is 10.1 Å². The van der Waals surface area contributed by atoms with Crippen LogP contribution in [0.4, 0.5) is 11.4 Å². The smallest absolute Gasteiger partial charge is 0.269 e. The van der Waals surface area contributed by atoms with Crippen molar-refractivity contribution in [3.05, 3.63) is 63.2 Å². The number of rotatable bonds is 13. The van der Waals surface area contributed by atoms with Crippen molar-refractivity contribution in [2.75, 3.05) is 12.0 Å². The molecule has 0 heterocycles. The van der Waals surface area contributed by atoms with Gasteiger partial charge in [-0.3, -0.25) is 15.5 Å². The summed E-state index contributed by atoms with van der Waals surface area (Å²) in [5.41, 5.74) is 4.27. The quantitative estimate of drug-likeness (QED) is 0.168. The molecular formula is C22H28ClN3O3. The van der Waals surface area contributed by atoms with Crippen molar-refractivity contribution in [3.63, 3.8) is 0 Å². The standard InChI is InChI=1S/C22H28ClN3O3/c1-2-3-4-5-6-7-8-15-29-21-14-9-18(22(23)16-21)17-24-25-19-10-12-20(13-11-19)26(27)28/h9-14,16-17,25H,2-8,15H2,1H3/b24-17+. The van der Waals surface area contributed by atoms with E-state index in [2.05, 4.69) is 17.5 Å². The lowest BCUT2D eigenvalue weighted by atomic mass is 10.1. The molecule has 0 aliphatic carbocycles. The van der Waals surface area contributed by atoms with E-state index in [0.29, 0.717) is 17.3 Å². The van der Waals surface area contributed by atoms with Crippen LogP contribution in [0.25, 0.3) is 0 Å². The molecule has 7 heteroatoms. The Hall–Kier alpha value is -2.60. The van der Waals surface area contributed by atoms with E-state index in [1.807, 2.05) is 12.1 Å². The molecule has 0 unspecified atom stereocenters. The van der Waals surface area contributed by atoms with Gasteiger partial charge in [0.25, 0.3) is 5.69 Å². The SMILES string of the molecule is CCCCCCCCCOc1ccc(/C=N/Nc2ccc([N+](=O)[O-])cc2)c(Cl)c1. The Kier molecular flexibility index (Phi) is 10.00. The second-order valence-corrected chi connectivity index (χ2v) is 7.23. The maximum absolute atomic E-state index is 10.7. The van der Waals surface area contributed by atoms with Gasteiger partial charge in [0.1, 0.15) is 5.75 Å². The van der Waals surface area contributed by atoms with Crippen LogP contribution in [0, 0.1) is 10.1 Å². The van der Waals surface area contributed by atoms with Crippen LogP contribution in [0.3, 0.4) is 0 Å². The summed E-state index contributed by atoms with van der Waals surface area (Å²) in [4.78, 5) is 10.2. The predicted octanol–water partition coefficient (Wildman–Crippen LogP) is 6.82. The number of hydrazone groups is 1. The second-order valence-electron chi connectivity index (χ2n) is 6.83. The number of hydrogen-bond donors (Lipinski definition) is 1. The highest BCUT2D eigenvalue weighted by Crippen LogP contribution is 2.22. The monoisotopic (exact) mass is 417 g/mol. The van der Waals surface area contributed by atoms with Crippen molar-refractivity contribution in [2.45, 2.75) is 51.9 Å². The molecule has 0 saturated heterocycles. The van der Waals surface area contributed by atoms with Gasteiger partial charge in [0, 0.05) is 17.7 Å². The molecule has 0 aliphatic heterocycles. The molecule has 0 fully saturated rings. The number of anilines is 1. The summed E-state index contributed by atoms with van der Waals surface area (Å²) < 4.78 is 5.77. The summed E-state index contributed by atoms with van der Waals surface area (Å²) in [5.74, 6) is 0.751. The zero-order valence-corrected chi connectivity index (χ0v) is 17.5. The van der Waals surface area contributed by atoms with Crippen LogP contribution in [0.15, 0.2) is 47.6 Å². The Morgan fingerprint density at radius 2 is 1.76 bits per heavy atom. The summed E-state index contributed by atoms with van der Waals surface area (Å²) in [6.07, 6.45) is 10.3. The van der Waals surface area contributed by atoms with E-state index < -0.39 is 4.92 Å². The number of unbranched alkanes of at least 4 members (excludes halogenated alkanes) is 6. The van der Waals surface area contributed by atoms with Crippen LogP contribution in [0.5, 0.6) is 5.75 Å². The molecule has 0 spiro atoms. The lowest BCUT2D eigenvalue weighted by molar-refractivity contribution is -0.384. The highest BCUT2D eigenvalue weighted by atomic mass is 35.5. The average molecular weight is 418 g/mol. The first-order valence-corrected chi connectivity index (χ1v) is 10.4. The maximum atomic E-state index is 10.7. The fourth-order valence-corrected chi connectivity index (χ4v) is 3.00. The number of nitrogens with zero attached hydrogens (tertiary/aromatic N) is 2. The van der Waals surface area contributed by atoms with Gasteiger partial charge in [-0.25, -0.2) is 0 Å². The third-order valence-corrected chi connectivity index (χ3v) is 4.79. The number of ether oxygens (including phenoxy) is 1. The number of nitro benzene ring substituents is 1. The van der Waals surface area contributed by atoms with Gasteiger partial charge in [0.2, 0.25) is 0 Å². The van der Waals surface area contributed by atoms with Gasteiger partial charge in [-0.15, -0.1) is 0 Å². The van der Waals surface area contributed by atoms with E-state index in [4.69, 9.17) is 16.3 Å². The van der Waals surface area contributed by atoms with Crippen molar-refractivity contribution >= 4 is 29.2 Å². The Morgan fingerprint density at radius 3 is 2.41 bits per heavy atom. The summed E-state index contributed by atoms with van der Waals surface area (Å²) >= 11 is 6.30. The third kappa shape index (κ3) is 8.52. The summed E-state index contributed by atoms with van der Waals surface area (Å²) in [6.45, 7) is 2.92. The molecule has 1 N–H and O–H groups in total. The zero-order valence-electron chi connectivity index (χ0n) is 16.8. The van der Waals surface area contributed by atoms with Gasteiger partial charge in [0.15, 0.2) is 0 Å². The molecule has 0 saturated carbocycles. The predicted molar refractivity (Wildman–Crippen MR) is 119 cm³/mol. The first kappa shape index (κ1) is 22.7. The molecule has 0 aromatic heterocycles. The van der Waals surface area contributed by atoms with Gasteiger partial charge in [-0.1, -0.05) is 57.0 Å². The number of hydrogen-bond acceptors (Lipinski definition) is 5. The summed E-state index contributed by atoms with van der Waals surface area (Å²) in [7, 11) is 0. The highest BCUT2D eigenvalue weighted by Gasteiger charge is 2.04. The van der Waals surface area contributed by atoms with Crippen LogP contribution in [-0.2, 0) is 0 Å². The molecule has 0 bridgehead atoms. The first-order valence-electron chi connectivity index (χ1n) is 10.1. The molecule has 6 nitrogen and oxygen atoms in total. The van der Waals surface area contributed by atoms with Gasteiger partial charge in [-0.05, 0) is 36.8 Å². The first-order chi connectivity index (χ1) is 14.1. The lowest BCUT2D eigenvalue weighted by Gasteiger charge is -2.08. The second kappa shape index (κ2) is 12.8. The van der Waals surface area contributed by atoms with E-state index in [-0.39, 0.29) is 5.69 Å². The van der Waals surface area contributed by atoms with Crippen molar-refractivity contribution in [1.29, 1.82) is 0 Å². The molecule has 156 valence electrons. The number of non-ortho nitro benzene ring substituents is 1. The molecule has 2 aromatic carbocycles. The van der Waals surface area contributed by atoms with Crippen LogP contribution in [0.2, 0.25) is 5.02 Å². The average Bonchev–Trinajstić information content (AvgIpc) is 2.72. The Bertz CT molecular complexity index is 794. The summed E-state index contributed by atoms with van der Waals surface area (Å²) in [5, 5.41) is 15.3. The van der Waals surface area contributed by atoms with Crippen molar-refractivity contribution in [1.82, 2.24) is 0 Å². The molecular weight excluding hydrogens is 390 g/mol. The van der Waals surface area contributed by atoms with Crippen LogP contribution < -0.4 is 10.2 Å². The van der Waals surface area contributed by atoms with Crippen molar-refractivity contribution in [3.8, 4) is 5.75 Å². The Balaban J connectivity index is 1.74. The van der Waals surface area contributed by atoms with E-state index >= 15 is 0 Å². The minimum Gasteiger partial charge on any atom is -0.494 e. The zero-order chi connectivity index (χ0) is 20.9. The number of nitro groups is 1. The van der Waals surface area contributed by atoms with Crippen molar-refractivity contribution in [2.24, 2.45) is 5.10 Å². The van der Waals surface area contributed by atoms with Gasteiger partial charge in [-0.2, -0.15) is 5.10 Å². The molecule has 0 amide bonds. The van der Waals surface area contributed by atoms with Crippen LogP contribution in [0.1, 0.15) is 57.4 Å². The maximum Gasteiger partial charge on any atom is 0.269 e. The fraction of sp³-hybridized carbons (Fsp3) is 0.409. The topological polar surface area (TPSA) is 76.8 Å². The molecule has 0 atom stereocenters. The normalized spacial score (nSPS) is 11.0. The van der Waals surface area contributed by atoms with Gasteiger partial charge < -0.3 is 4.74 Å². The van der Waals surface area contributed by atoms with E-state index in [0.717, 1.165) is 17.7 Å². The van der Waals surface area contributed by atoms with Gasteiger partial charge in [0.05, 0.1) is 28.5 Å². The highest BCUT2D eigenvalue weighted by molar-refractivity contribution is 6.33. The third-order valence-electron chi connectivity index (χ3n) is 4.46. The minimum atomic E-state index is -0.440. The lowest BCUT2D eigenvalue weighted by Crippen LogP contribution is -1.98. The largest absolute Gasteiger partial charge is 0.494 e. The summed E-state index contributed by atoms with van der Waals surface area (Å²) in [6, 6.07) is 11.5. The minimum absolute atomic E-state index is 0.0367. The molecule has 29 heavy (non-hydrogen) atoms. The molecule has 2 aromatic rings. The van der Waals surface area contributed by atoms with Crippen molar-refractivity contribution < 1.29 is 9.66 Å².